The second kappa shape index (κ2) is 8.98. The average Bonchev–Trinajstić information content (AvgIpc) is 3.38. The molecule has 4 rings (SSSR count). The molecule has 1 N–H and O–H groups in total. The Labute approximate surface area is 185 Å². The van der Waals surface area contributed by atoms with Crippen molar-refractivity contribution in [2.45, 2.75) is 45.7 Å². The third kappa shape index (κ3) is 4.30. The molecule has 8 heteroatoms. The van der Waals surface area contributed by atoms with E-state index in [-0.39, 0.29) is 35.2 Å². The normalized spacial score (nSPS) is 22.6. The molecule has 3 atom stereocenters. The number of imide groups is 1. The predicted molar refractivity (Wildman–Crippen MR) is 114 cm³/mol. The lowest BCUT2D eigenvalue weighted by molar-refractivity contribution is -0.125. The number of nitrogens with zero attached hydrogens (tertiary/aromatic N) is 1. The zero-order valence-corrected chi connectivity index (χ0v) is 18.1. The Kier molecular flexibility index (Phi) is 6.12. The lowest BCUT2D eigenvalue weighted by Crippen LogP contribution is -2.45. The lowest BCUT2D eigenvalue weighted by atomic mass is 9.78. The second-order valence-electron chi connectivity index (χ2n) is 8.55. The van der Waals surface area contributed by atoms with Gasteiger partial charge in [0.15, 0.2) is 6.61 Å². The van der Waals surface area contributed by atoms with E-state index in [0.717, 1.165) is 24.2 Å². The van der Waals surface area contributed by atoms with E-state index in [1.807, 2.05) is 0 Å². The van der Waals surface area contributed by atoms with Gasteiger partial charge in [-0.3, -0.25) is 19.3 Å². The van der Waals surface area contributed by atoms with E-state index in [9.17, 15) is 19.2 Å². The zero-order chi connectivity index (χ0) is 22.8. The van der Waals surface area contributed by atoms with Gasteiger partial charge in [-0.2, -0.15) is 0 Å². The molecule has 2 aliphatic rings. The number of furan rings is 1. The highest BCUT2D eigenvalue weighted by molar-refractivity contribution is 6.21. The van der Waals surface area contributed by atoms with Crippen LogP contribution in [0.2, 0.25) is 0 Å². The summed E-state index contributed by atoms with van der Waals surface area (Å²) in [4.78, 5) is 51.1. The predicted octanol–water partition coefficient (Wildman–Crippen LogP) is 3.17. The van der Waals surface area contributed by atoms with Crippen LogP contribution in [0.5, 0.6) is 0 Å². The van der Waals surface area contributed by atoms with Crippen molar-refractivity contribution < 1.29 is 28.3 Å². The quantitative estimate of drug-likeness (QED) is 0.549. The Balaban J connectivity index is 1.37. The standard InChI is InChI=1S/C24H26N2O6/c1-14-5-3-7-20(15(14)2)25-21(27)13-32-24(30)16-8-9-18-19(11-16)23(29)26(22(18)28)12-17-6-4-10-31-17/h4,6,8-11,14-15,20H,3,5,7,12-13H2,1-2H3,(H,25,27)/t14-,15+,20-/m1/s1. The van der Waals surface area contributed by atoms with Crippen LogP contribution in [0.15, 0.2) is 41.0 Å². The van der Waals surface area contributed by atoms with Gasteiger partial charge in [0, 0.05) is 6.04 Å². The highest BCUT2D eigenvalue weighted by Gasteiger charge is 2.36. The summed E-state index contributed by atoms with van der Waals surface area (Å²) in [7, 11) is 0. The number of carbonyl (C=O) groups is 4. The van der Waals surface area contributed by atoms with Crippen molar-refractivity contribution in [1.29, 1.82) is 0 Å². The molecule has 168 valence electrons. The molecule has 0 unspecified atom stereocenters. The van der Waals surface area contributed by atoms with Gasteiger partial charge in [0.05, 0.1) is 29.5 Å². The number of hydrogen-bond acceptors (Lipinski definition) is 6. The van der Waals surface area contributed by atoms with Gasteiger partial charge in [0.1, 0.15) is 5.76 Å². The summed E-state index contributed by atoms with van der Waals surface area (Å²) in [5.41, 5.74) is 0.457. The first-order valence-electron chi connectivity index (χ1n) is 10.8. The summed E-state index contributed by atoms with van der Waals surface area (Å²) >= 11 is 0. The number of benzene rings is 1. The number of hydrogen-bond donors (Lipinski definition) is 1. The van der Waals surface area contributed by atoms with Crippen LogP contribution in [0, 0.1) is 11.8 Å². The molecule has 32 heavy (non-hydrogen) atoms. The third-order valence-electron chi connectivity index (χ3n) is 6.49. The summed E-state index contributed by atoms with van der Waals surface area (Å²) in [6.45, 7) is 3.92. The van der Waals surface area contributed by atoms with Crippen molar-refractivity contribution in [2.75, 3.05) is 6.61 Å². The summed E-state index contributed by atoms with van der Waals surface area (Å²) in [6, 6.07) is 7.61. The van der Waals surface area contributed by atoms with Gasteiger partial charge in [0.25, 0.3) is 17.7 Å². The molecule has 3 amide bonds. The molecule has 1 saturated carbocycles. The van der Waals surface area contributed by atoms with E-state index >= 15 is 0 Å². The molecule has 0 radical (unpaired) electrons. The molecular weight excluding hydrogens is 412 g/mol. The number of rotatable bonds is 6. The molecule has 2 aromatic rings. The number of ether oxygens (including phenoxy) is 1. The van der Waals surface area contributed by atoms with Crippen LogP contribution in [-0.2, 0) is 16.1 Å². The van der Waals surface area contributed by atoms with Gasteiger partial charge in [-0.15, -0.1) is 0 Å². The van der Waals surface area contributed by atoms with Crippen LogP contribution in [0.25, 0.3) is 0 Å². The van der Waals surface area contributed by atoms with Crippen LogP contribution >= 0.6 is 0 Å². The zero-order valence-electron chi connectivity index (χ0n) is 18.1. The van der Waals surface area contributed by atoms with Crippen LogP contribution < -0.4 is 5.32 Å². The van der Waals surface area contributed by atoms with E-state index in [4.69, 9.17) is 9.15 Å². The molecule has 0 saturated heterocycles. The minimum Gasteiger partial charge on any atom is -0.467 e. The van der Waals surface area contributed by atoms with Gasteiger partial charge < -0.3 is 14.5 Å². The summed E-state index contributed by atoms with van der Waals surface area (Å²) in [6.07, 6.45) is 4.60. The van der Waals surface area contributed by atoms with E-state index in [0.29, 0.717) is 17.6 Å². The summed E-state index contributed by atoms with van der Waals surface area (Å²) in [5.74, 6) is -0.639. The lowest BCUT2D eigenvalue weighted by Gasteiger charge is -2.34. The van der Waals surface area contributed by atoms with Crippen molar-refractivity contribution in [3.05, 3.63) is 59.0 Å². The van der Waals surface area contributed by atoms with Gasteiger partial charge in [0.2, 0.25) is 0 Å². The minimum absolute atomic E-state index is 0.0114. The van der Waals surface area contributed by atoms with Crippen molar-refractivity contribution in [2.24, 2.45) is 11.8 Å². The van der Waals surface area contributed by atoms with Gasteiger partial charge >= 0.3 is 5.97 Å². The van der Waals surface area contributed by atoms with E-state index in [1.165, 1.54) is 24.5 Å². The molecule has 0 spiro atoms. The van der Waals surface area contributed by atoms with E-state index in [2.05, 4.69) is 19.2 Å². The first-order valence-corrected chi connectivity index (χ1v) is 10.8. The smallest absolute Gasteiger partial charge is 0.338 e. The van der Waals surface area contributed by atoms with Crippen molar-refractivity contribution in [1.82, 2.24) is 10.2 Å². The van der Waals surface area contributed by atoms with Crippen LogP contribution in [0.3, 0.4) is 0 Å². The van der Waals surface area contributed by atoms with Gasteiger partial charge in [-0.1, -0.05) is 26.7 Å². The Hall–Kier alpha value is -3.42. The molecule has 1 aliphatic carbocycles. The number of nitrogens with one attached hydrogen (secondary N) is 1. The average molecular weight is 438 g/mol. The van der Waals surface area contributed by atoms with Crippen LogP contribution in [-0.4, -0.2) is 41.2 Å². The fourth-order valence-corrected chi connectivity index (χ4v) is 4.37. The molecule has 1 aliphatic heterocycles. The number of amides is 3. The maximum absolute atomic E-state index is 12.7. The Morgan fingerprint density at radius 3 is 2.66 bits per heavy atom. The molecule has 1 aromatic carbocycles. The molecule has 0 bridgehead atoms. The SMILES string of the molecule is C[C@H]1[C@H](C)CCC[C@H]1NC(=O)COC(=O)c1ccc2c(c1)C(=O)N(Cc1ccco1)C2=O. The van der Waals surface area contributed by atoms with Gasteiger partial charge in [-0.05, 0) is 48.6 Å². The third-order valence-corrected chi connectivity index (χ3v) is 6.49. The van der Waals surface area contributed by atoms with Crippen molar-refractivity contribution in [3.8, 4) is 0 Å². The van der Waals surface area contributed by atoms with Crippen LogP contribution in [0.1, 0.15) is 69.9 Å². The van der Waals surface area contributed by atoms with Gasteiger partial charge in [-0.25, -0.2) is 4.79 Å². The minimum atomic E-state index is -0.724. The molecule has 1 aromatic heterocycles. The van der Waals surface area contributed by atoms with Crippen molar-refractivity contribution in [3.63, 3.8) is 0 Å². The number of esters is 1. The first-order chi connectivity index (χ1) is 15.3. The molecule has 2 heterocycles. The summed E-state index contributed by atoms with van der Waals surface area (Å²) in [5, 5.41) is 2.96. The molecule has 1 fully saturated rings. The number of fused-ring (bicyclic) bond motifs is 1. The first kappa shape index (κ1) is 21.8. The van der Waals surface area contributed by atoms with E-state index in [1.54, 1.807) is 12.1 Å². The van der Waals surface area contributed by atoms with Crippen LogP contribution in [0.4, 0.5) is 0 Å². The molecular formula is C24H26N2O6. The molecule has 8 nitrogen and oxygen atoms in total. The highest BCUT2D eigenvalue weighted by Crippen LogP contribution is 2.29. The monoisotopic (exact) mass is 438 g/mol. The second-order valence-corrected chi connectivity index (χ2v) is 8.55. The maximum Gasteiger partial charge on any atom is 0.338 e. The largest absolute Gasteiger partial charge is 0.467 e. The Bertz CT molecular complexity index is 1040. The fraction of sp³-hybridized carbons (Fsp3) is 0.417. The summed E-state index contributed by atoms with van der Waals surface area (Å²) < 4.78 is 10.4. The highest BCUT2D eigenvalue weighted by atomic mass is 16.5. The van der Waals surface area contributed by atoms with Crippen molar-refractivity contribution >= 4 is 23.7 Å². The maximum atomic E-state index is 12.7. The van der Waals surface area contributed by atoms with E-state index < -0.39 is 24.4 Å². The Morgan fingerprint density at radius 2 is 1.91 bits per heavy atom. The number of carbonyl (C=O) groups excluding carboxylic acids is 4. The Morgan fingerprint density at radius 1 is 1.12 bits per heavy atom. The fourth-order valence-electron chi connectivity index (χ4n) is 4.37. The topological polar surface area (TPSA) is 106 Å².